The van der Waals surface area contributed by atoms with Crippen LogP contribution in [-0.4, -0.2) is 136 Å². The monoisotopic (exact) mass is 1110 g/mol. The van der Waals surface area contributed by atoms with Crippen LogP contribution in [0.2, 0.25) is 16.6 Å². The van der Waals surface area contributed by atoms with E-state index in [2.05, 4.69) is 109 Å². The highest BCUT2D eigenvalue weighted by Crippen LogP contribution is 2.46. The zero-order valence-electron chi connectivity index (χ0n) is 45.3. The van der Waals surface area contributed by atoms with Gasteiger partial charge in [0.15, 0.2) is 8.24 Å². The first-order valence-corrected chi connectivity index (χ1v) is 32.2. The number of piperidine rings is 2. The number of fused-ring (bicyclic) bond motifs is 4. The maximum absolute atomic E-state index is 12.1. The molecule has 0 aromatic carbocycles. The lowest BCUT2D eigenvalue weighted by Gasteiger charge is -2.44. The van der Waals surface area contributed by atoms with E-state index in [0.29, 0.717) is 42.8 Å². The Balaban J connectivity index is 0.000000187. The molecule has 76 heavy (non-hydrogen) atoms. The Morgan fingerprint density at radius 1 is 0.645 bits per heavy atom. The second-order valence-corrected chi connectivity index (χ2v) is 31.6. The third kappa shape index (κ3) is 11.6. The summed E-state index contributed by atoms with van der Waals surface area (Å²) in [4.78, 5) is 45.2. The molecule has 0 saturated carbocycles. The Bertz CT molecular complexity index is 3220. The van der Waals surface area contributed by atoms with Crippen LogP contribution in [0.4, 0.5) is 24.8 Å². The summed E-state index contributed by atoms with van der Waals surface area (Å²) in [6, 6.07) is 9.10. The fourth-order valence-corrected chi connectivity index (χ4v) is 21.3. The molecule has 4 aliphatic rings. The number of nitrogens with one attached hydrogen (secondary N) is 1. The van der Waals surface area contributed by atoms with Crippen LogP contribution in [0.25, 0.3) is 21.8 Å². The van der Waals surface area contributed by atoms with Gasteiger partial charge in [0.1, 0.15) is 24.3 Å². The number of sulfonamides is 2. The van der Waals surface area contributed by atoms with Crippen molar-refractivity contribution in [2.75, 3.05) is 48.5 Å². The minimum atomic E-state index is -4.64. The summed E-state index contributed by atoms with van der Waals surface area (Å²) in [6.07, 6.45) is 13.2. The molecule has 0 bridgehead atoms. The first-order chi connectivity index (χ1) is 35.8. The standard InChI is InChI=1S/C30H46N6O2SSi.C21H26N6O2S.C2HF3O/c1-20(2)40(21(3)4,22(5)6)36-16-12-25-28(36)9-13-31-30(25)35-18-26-27(17-23(35)7)32-19-33-29(26)24-10-14-34(15-11-24)39(8,37)38;1-14-11-19-17(12-27(14)21-16-3-7-22-18(16)4-8-23-21)20(25-13-24-19)15-5-9-26(10-6-15)30(2,28)29;3-2(4,5)1-6/h9,12-13,16,19-24H,10-11,14-15,17-18H2,1-8H3;3-4,7-8,13-15,22H,5-6,9-12H2,1-2H3;1H/t23-;14-;/m11./s1. The Morgan fingerprint density at radius 2 is 1.08 bits per heavy atom. The summed E-state index contributed by atoms with van der Waals surface area (Å²) >= 11 is 0. The first kappa shape index (κ1) is 56.8. The number of aldehydes is 1. The quantitative estimate of drug-likeness (QED) is 0.101. The summed E-state index contributed by atoms with van der Waals surface area (Å²) < 4.78 is 85.0. The molecule has 0 amide bonds. The molecule has 17 nitrogen and oxygen atoms in total. The Labute approximate surface area is 446 Å². The van der Waals surface area contributed by atoms with Gasteiger partial charge in [-0.3, -0.25) is 4.79 Å². The predicted molar refractivity (Wildman–Crippen MR) is 294 cm³/mol. The van der Waals surface area contributed by atoms with Crippen LogP contribution < -0.4 is 9.80 Å². The largest absolute Gasteiger partial charge is 0.446 e. The zero-order valence-corrected chi connectivity index (χ0v) is 47.9. The molecule has 2 saturated heterocycles. The van der Waals surface area contributed by atoms with Gasteiger partial charge in [-0.2, -0.15) is 13.2 Å². The summed E-state index contributed by atoms with van der Waals surface area (Å²) in [5, 5.41) is 2.34. The Morgan fingerprint density at radius 3 is 1.50 bits per heavy atom. The van der Waals surface area contributed by atoms with Gasteiger partial charge < -0.3 is 19.0 Å². The zero-order chi connectivity index (χ0) is 55.1. The normalized spacial score (nSPS) is 19.6. The van der Waals surface area contributed by atoms with Crippen molar-refractivity contribution in [3.05, 3.63) is 95.6 Å². The molecular weight excluding hydrogens is 1030 g/mol. The molecule has 4 aliphatic heterocycles. The average molecular weight is 1110 g/mol. The molecule has 0 radical (unpaired) electrons. The Kier molecular flexibility index (Phi) is 16.9. The van der Waals surface area contributed by atoms with Crippen molar-refractivity contribution in [3.8, 4) is 0 Å². The van der Waals surface area contributed by atoms with Crippen molar-refractivity contribution in [2.45, 2.75) is 154 Å². The molecule has 6 aromatic rings. The maximum Gasteiger partial charge on any atom is 0.446 e. The first-order valence-electron chi connectivity index (χ1n) is 26.3. The molecular formula is C53H73F3N12O5S2Si. The smallest absolute Gasteiger partial charge is 0.373 e. The molecule has 6 aromatic heterocycles. The maximum atomic E-state index is 12.1. The number of carbonyl (C=O) groups excluding carboxylic acids is 1. The van der Waals surface area contributed by atoms with Crippen LogP contribution in [0.5, 0.6) is 0 Å². The van der Waals surface area contributed by atoms with Crippen molar-refractivity contribution in [1.29, 1.82) is 0 Å². The van der Waals surface area contributed by atoms with Gasteiger partial charge in [-0.15, -0.1) is 0 Å². The summed E-state index contributed by atoms with van der Waals surface area (Å²) in [7, 11) is -8.21. The summed E-state index contributed by atoms with van der Waals surface area (Å²) in [5.74, 6) is 2.51. The lowest BCUT2D eigenvalue weighted by molar-refractivity contribution is -0.156. The number of rotatable bonds is 10. The van der Waals surface area contributed by atoms with E-state index >= 15 is 0 Å². The van der Waals surface area contributed by atoms with Gasteiger partial charge in [0, 0.05) is 122 Å². The minimum absolute atomic E-state index is 0.240. The number of hydrogen-bond donors (Lipinski definition) is 1. The van der Waals surface area contributed by atoms with Crippen molar-refractivity contribution in [2.24, 2.45) is 0 Å². The Hall–Kier alpha value is -5.36. The van der Waals surface area contributed by atoms with Gasteiger partial charge in [0.25, 0.3) is 0 Å². The lowest BCUT2D eigenvalue weighted by atomic mass is 9.88. The van der Waals surface area contributed by atoms with Crippen LogP contribution in [0, 0.1) is 0 Å². The fraction of sp³-hybridized carbons (Fsp3) is 0.566. The van der Waals surface area contributed by atoms with Crippen LogP contribution in [-0.2, 0) is 50.8 Å². The SMILES string of the molecule is CC(C)[Si](C(C)C)(C(C)C)n1ccc2c(N3Cc4c(ncnc4C4CCN(S(C)(=O)=O)CC4)C[C@H]3C)nccc21.C[C@@H]1Cc2ncnc(C3CCN(S(C)(=O)=O)CC3)c2CN1c1nccc2[nH]ccc12.O=CC(F)(F)F. The highest BCUT2D eigenvalue weighted by molar-refractivity contribution is 7.88. The number of aromatic amines is 1. The third-order valence-corrected chi connectivity index (χ3v) is 25.8. The van der Waals surface area contributed by atoms with E-state index in [4.69, 9.17) is 24.7 Å². The van der Waals surface area contributed by atoms with Gasteiger partial charge in [-0.1, -0.05) is 41.5 Å². The van der Waals surface area contributed by atoms with Gasteiger partial charge in [-0.25, -0.2) is 55.3 Å². The summed E-state index contributed by atoms with van der Waals surface area (Å²) in [6.45, 7) is 22.6. The van der Waals surface area contributed by atoms with Crippen molar-refractivity contribution >= 4 is 68.0 Å². The highest BCUT2D eigenvalue weighted by atomic mass is 32.2. The van der Waals surface area contributed by atoms with Gasteiger partial charge in [0.05, 0.1) is 40.8 Å². The molecule has 412 valence electrons. The number of carbonyl (C=O) groups is 1. The highest BCUT2D eigenvalue weighted by Gasteiger charge is 2.46. The van der Waals surface area contributed by atoms with Crippen LogP contribution in [0.15, 0.2) is 61.7 Å². The van der Waals surface area contributed by atoms with E-state index in [1.807, 2.05) is 24.7 Å². The molecule has 10 rings (SSSR count). The number of nitrogens with zero attached hydrogens (tertiary/aromatic N) is 11. The van der Waals surface area contributed by atoms with Gasteiger partial charge in [-0.05, 0) is 86.6 Å². The number of anilines is 2. The van der Waals surface area contributed by atoms with Gasteiger partial charge >= 0.3 is 6.18 Å². The van der Waals surface area contributed by atoms with E-state index in [9.17, 15) is 30.0 Å². The molecule has 0 aliphatic carbocycles. The minimum Gasteiger partial charge on any atom is -0.373 e. The average Bonchev–Trinajstić information content (AvgIpc) is 4.08. The van der Waals surface area contributed by atoms with Crippen LogP contribution in [0.3, 0.4) is 0 Å². The molecule has 0 spiro atoms. The van der Waals surface area contributed by atoms with Crippen LogP contribution >= 0.6 is 0 Å². The number of alkyl halides is 3. The number of hydrogen-bond acceptors (Lipinski definition) is 13. The molecule has 2 atom stereocenters. The van der Waals surface area contributed by atoms with E-state index < -0.39 is 40.7 Å². The van der Waals surface area contributed by atoms with Crippen LogP contribution in [0.1, 0.15) is 127 Å². The second kappa shape index (κ2) is 22.5. The predicted octanol–water partition coefficient (Wildman–Crippen LogP) is 9.13. The number of halogens is 3. The number of pyridine rings is 2. The van der Waals surface area contributed by atoms with E-state index in [1.54, 1.807) is 21.3 Å². The topological polar surface area (TPSA) is 196 Å². The van der Waals surface area contributed by atoms with Crippen molar-refractivity contribution in [3.63, 3.8) is 0 Å². The fourth-order valence-electron chi connectivity index (χ4n) is 12.9. The van der Waals surface area contributed by atoms with E-state index in [0.717, 1.165) is 96.9 Å². The second-order valence-electron chi connectivity index (χ2n) is 21.9. The molecule has 2 fully saturated rings. The molecule has 0 unspecified atom stereocenters. The van der Waals surface area contributed by atoms with E-state index in [1.165, 1.54) is 34.5 Å². The summed E-state index contributed by atoms with van der Waals surface area (Å²) in [5.41, 5.74) is 11.0. The number of aromatic nitrogens is 8. The molecule has 1 N–H and O–H groups in total. The molecule has 23 heteroatoms. The number of H-pyrrole nitrogens is 1. The third-order valence-electron chi connectivity index (χ3n) is 16.4. The van der Waals surface area contributed by atoms with Gasteiger partial charge in [0.2, 0.25) is 26.3 Å². The van der Waals surface area contributed by atoms with E-state index in [-0.39, 0.29) is 23.9 Å². The lowest BCUT2D eigenvalue weighted by Crippen LogP contribution is -2.51. The van der Waals surface area contributed by atoms with Crippen molar-refractivity contribution < 1.29 is 34.8 Å². The molecule has 10 heterocycles. The van der Waals surface area contributed by atoms with Crippen molar-refractivity contribution in [1.82, 2.24) is 47.7 Å².